The molecule has 0 saturated heterocycles. The van der Waals surface area contributed by atoms with Gasteiger partial charge in [0.25, 0.3) is 0 Å². The SMILES string of the molecule is CC(C)(C)c1noc(C23CCC(CN(C(=O)C45CC(F)(C4)C5)c4cccc(Br)c4)(CC2)CC3)n1. The van der Waals surface area contributed by atoms with E-state index >= 15 is 0 Å². The first kappa shape index (κ1) is 22.7. The number of nitrogens with zero attached hydrogens (tertiary/aromatic N) is 3. The smallest absolute Gasteiger partial charge is 0.233 e. The second-order valence-electron chi connectivity index (χ2n) is 12.8. The highest BCUT2D eigenvalue weighted by Gasteiger charge is 2.73. The van der Waals surface area contributed by atoms with Crippen LogP contribution in [-0.4, -0.2) is 28.3 Å². The highest BCUT2D eigenvalue weighted by Crippen LogP contribution is 2.70. The average Bonchev–Trinajstić information content (AvgIpc) is 3.27. The number of carbonyl (C=O) groups excluding carboxylic acids is 1. The molecule has 1 heterocycles. The number of halogens is 2. The molecule has 0 spiro atoms. The van der Waals surface area contributed by atoms with Gasteiger partial charge in [0.15, 0.2) is 5.82 Å². The van der Waals surface area contributed by atoms with Crippen molar-refractivity contribution in [1.82, 2.24) is 10.1 Å². The van der Waals surface area contributed by atoms with Crippen molar-refractivity contribution in [2.45, 2.75) is 95.1 Å². The maximum absolute atomic E-state index is 14.3. The van der Waals surface area contributed by atoms with E-state index in [0.717, 1.165) is 60.4 Å². The average molecular weight is 530 g/mol. The zero-order valence-corrected chi connectivity index (χ0v) is 21.9. The van der Waals surface area contributed by atoms with Crippen molar-refractivity contribution in [3.8, 4) is 0 Å². The van der Waals surface area contributed by atoms with Gasteiger partial charge in [-0.15, -0.1) is 0 Å². The van der Waals surface area contributed by atoms with Gasteiger partial charge in [0.05, 0.1) is 5.41 Å². The number of alkyl halides is 1. The zero-order chi connectivity index (χ0) is 24.0. The van der Waals surface area contributed by atoms with Gasteiger partial charge < -0.3 is 9.42 Å². The largest absolute Gasteiger partial charge is 0.339 e. The summed E-state index contributed by atoms with van der Waals surface area (Å²) in [5, 5.41) is 4.29. The lowest BCUT2D eigenvalue weighted by Gasteiger charge is -2.65. The maximum Gasteiger partial charge on any atom is 0.233 e. The molecule has 1 aromatic heterocycles. The van der Waals surface area contributed by atoms with Crippen molar-refractivity contribution in [1.29, 1.82) is 0 Å². The zero-order valence-electron chi connectivity index (χ0n) is 20.3. The number of hydrogen-bond donors (Lipinski definition) is 0. The standard InChI is InChI=1S/C27H33BrFN3O2/c1-23(2,3)20-30-21(34-31-20)25-10-7-24(8-11-25,9-12-25)17-32(19-6-4-5-18(28)13-19)22(33)26-14-27(29,15-26)16-26/h4-6,13H,7-12,14-17H2,1-3H3. The first-order chi connectivity index (χ1) is 16.0. The predicted octanol–water partition coefficient (Wildman–Crippen LogP) is 6.65. The Labute approximate surface area is 209 Å². The molecular weight excluding hydrogens is 497 g/mol. The van der Waals surface area contributed by atoms with E-state index in [1.165, 1.54) is 0 Å². The number of benzene rings is 1. The summed E-state index contributed by atoms with van der Waals surface area (Å²) in [6.07, 6.45) is 7.34. The highest BCUT2D eigenvalue weighted by atomic mass is 79.9. The lowest BCUT2D eigenvalue weighted by atomic mass is 9.41. The number of amides is 1. The van der Waals surface area contributed by atoms with Crippen LogP contribution < -0.4 is 4.90 Å². The molecule has 182 valence electrons. The Hall–Kier alpha value is -1.76. The van der Waals surface area contributed by atoms with Crippen LogP contribution in [0.4, 0.5) is 10.1 Å². The molecule has 0 atom stereocenters. The van der Waals surface area contributed by atoms with Gasteiger partial charge in [-0.05, 0) is 81.4 Å². The minimum absolute atomic E-state index is 0.0304. The summed E-state index contributed by atoms with van der Waals surface area (Å²) < 4.78 is 21.0. The van der Waals surface area contributed by atoms with E-state index in [0.29, 0.717) is 25.8 Å². The maximum atomic E-state index is 14.3. The van der Waals surface area contributed by atoms with Crippen LogP contribution in [-0.2, 0) is 15.6 Å². The van der Waals surface area contributed by atoms with Gasteiger partial charge in [0.2, 0.25) is 11.8 Å². The third kappa shape index (κ3) is 3.40. The molecule has 0 unspecified atom stereocenters. The van der Waals surface area contributed by atoms with Crippen LogP contribution in [0.15, 0.2) is 33.3 Å². The van der Waals surface area contributed by atoms with Gasteiger partial charge in [-0.1, -0.05) is 47.9 Å². The Balaban J connectivity index is 1.23. The minimum atomic E-state index is -1.08. The number of hydrogen-bond acceptors (Lipinski definition) is 4. The molecule has 2 aromatic rings. The van der Waals surface area contributed by atoms with Gasteiger partial charge in [-0.2, -0.15) is 4.98 Å². The molecule has 6 aliphatic carbocycles. The molecule has 5 nitrogen and oxygen atoms in total. The third-order valence-electron chi connectivity index (χ3n) is 9.23. The second kappa shape index (κ2) is 7.14. The van der Waals surface area contributed by atoms with Gasteiger partial charge in [0, 0.05) is 27.5 Å². The van der Waals surface area contributed by atoms with Crippen molar-refractivity contribution < 1.29 is 13.7 Å². The summed E-state index contributed by atoms with van der Waals surface area (Å²) >= 11 is 3.57. The van der Waals surface area contributed by atoms with Crippen molar-refractivity contribution in [3.05, 3.63) is 40.5 Å². The van der Waals surface area contributed by atoms with Crippen LogP contribution in [0.5, 0.6) is 0 Å². The topological polar surface area (TPSA) is 59.2 Å². The van der Waals surface area contributed by atoms with Gasteiger partial charge in [-0.3, -0.25) is 4.79 Å². The van der Waals surface area contributed by atoms with Crippen molar-refractivity contribution in [2.75, 3.05) is 11.4 Å². The van der Waals surface area contributed by atoms with E-state index in [4.69, 9.17) is 9.51 Å². The van der Waals surface area contributed by atoms with E-state index < -0.39 is 11.1 Å². The van der Waals surface area contributed by atoms with Crippen LogP contribution in [0.1, 0.15) is 90.3 Å². The summed E-state index contributed by atoms with van der Waals surface area (Å²) in [6, 6.07) is 7.99. The highest BCUT2D eigenvalue weighted by molar-refractivity contribution is 9.10. The molecule has 8 rings (SSSR count). The molecule has 1 aromatic carbocycles. The first-order valence-corrected chi connectivity index (χ1v) is 13.4. The molecule has 34 heavy (non-hydrogen) atoms. The summed E-state index contributed by atoms with van der Waals surface area (Å²) in [5.41, 5.74) is -0.715. The van der Waals surface area contributed by atoms with Crippen molar-refractivity contribution in [2.24, 2.45) is 10.8 Å². The molecule has 7 heteroatoms. The quantitative estimate of drug-likeness (QED) is 0.435. The number of rotatable bonds is 5. The summed E-state index contributed by atoms with van der Waals surface area (Å²) in [4.78, 5) is 20.6. The molecule has 0 N–H and O–H groups in total. The second-order valence-corrected chi connectivity index (χ2v) is 13.7. The van der Waals surface area contributed by atoms with E-state index in [9.17, 15) is 9.18 Å². The molecular formula is C27H33BrFN3O2. The van der Waals surface area contributed by atoms with Gasteiger partial charge in [0.1, 0.15) is 5.67 Å². The number of carbonyl (C=O) groups is 1. The molecule has 6 saturated carbocycles. The minimum Gasteiger partial charge on any atom is -0.339 e. The molecule has 4 bridgehead atoms. The van der Waals surface area contributed by atoms with Gasteiger partial charge in [-0.25, -0.2) is 4.39 Å². The van der Waals surface area contributed by atoms with E-state index in [-0.39, 0.29) is 22.2 Å². The molecule has 1 amide bonds. The van der Waals surface area contributed by atoms with Gasteiger partial charge >= 0.3 is 0 Å². The molecule has 0 radical (unpaired) electrons. The number of fused-ring (bicyclic) bond motifs is 3. The Kier molecular flexibility index (Phi) is 4.77. The normalized spacial score (nSPS) is 36.0. The Morgan fingerprint density at radius 1 is 1.12 bits per heavy atom. The fourth-order valence-electron chi connectivity index (χ4n) is 7.00. The lowest BCUT2D eigenvalue weighted by molar-refractivity contribution is -0.211. The molecule has 6 aliphatic rings. The van der Waals surface area contributed by atoms with Crippen LogP contribution >= 0.6 is 15.9 Å². The summed E-state index contributed by atoms with van der Waals surface area (Å²) in [7, 11) is 0. The lowest BCUT2D eigenvalue weighted by Crippen LogP contribution is -2.71. The van der Waals surface area contributed by atoms with Crippen LogP contribution in [0.25, 0.3) is 0 Å². The van der Waals surface area contributed by atoms with Crippen molar-refractivity contribution in [3.63, 3.8) is 0 Å². The fourth-order valence-corrected chi connectivity index (χ4v) is 7.39. The summed E-state index contributed by atoms with van der Waals surface area (Å²) in [6.45, 7) is 7.03. The third-order valence-corrected chi connectivity index (χ3v) is 9.72. The van der Waals surface area contributed by atoms with E-state index in [1.807, 2.05) is 29.2 Å². The first-order valence-electron chi connectivity index (χ1n) is 12.6. The molecule has 0 aliphatic heterocycles. The fraction of sp³-hybridized carbons (Fsp3) is 0.667. The van der Waals surface area contributed by atoms with E-state index in [1.54, 1.807) is 0 Å². The summed E-state index contributed by atoms with van der Waals surface area (Å²) in [5.74, 6) is 1.69. The Morgan fingerprint density at radius 3 is 2.29 bits per heavy atom. The van der Waals surface area contributed by atoms with Crippen LogP contribution in [0.3, 0.4) is 0 Å². The van der Waals surface area contributed by atoms with E-state index in [2.05, 4.69) is 41.9 Å². The number of aromatic nitrogens is 2. The molecule has 6 fully saturated rings. The Morgan fingerprint density at radius 2 is 1.76 bits per heavy atom. The van der Waals surface area contributed by atoms with Crippen LogP contribution in [0.2, 0.25) is 0 Å². The Bertz CT molecular complexity index is 1110. The van der Waals surface area contributed by atoms with Crippen LogP contribution in [0, 0.1) is 10.8 Å². The van der Waals surface area contributed by atoms with Crippen molar-refractivity contribution >= 4 is 27.5 Å². The predicted molar refractivity (Wildman–Crippen MR) is 131 cm³/mol. The number of anilines is 1. The monoisotopic (exact) mass is 529 g/mol.